The molecule has 0 saturated carbocycles. The van der Waals surface area contributed by atoms with Crippen LogP contribution in [0.4, 0.5) is 23.3 Å². The number of aliphatic hydroxyl groups is 3. The molecule has 0 aromatic carbocycles. The molecule has 9 aromatic rings. The lowest BCUT2D eigenvalue weighted by Crippen LogP contribution is -2.38. The highest BCUT2D eigenvalue weighted by atomic mass is 31.2. The van der Waals surface area contributed by atoms with Crippen LogP contribution in [0.15, 0.2) is 107 Å². The van der Waals surface area contributed by atoms with Crippen molar-refractivity contribution in [3.63, 3.8) is 0 Å². The standard InChI is InChI=1S/C68H88N22O41P6/c1-28-15-86(66(99)81-60(28)93)49-12-35(42(123-49)22-116-133(104,105)127-32-9-52(119-38(32)18-91)90-27-78-54-57(72)74-25-76-59(54)90)130-136(110,111)118-23-43-36(13-50(124-43)87-16-29(2)61(94)82-67(87)100)129-135(108,109)117-21-41-34(11-48(122-41)85-7-5-45(70)80-65(85)98)128-134(106,107)115-20-40-33(10-47(121-40)84-6-4-44(69)79-64(84)97)126-132(102,103)63(96)55-37(14-51(125-55)88-17-30(3)62(95)83-68(88)101)131-137(112,113)114-19-39-31(92)8-46(120-39)89-26-77-53-56(71)73-24-75-58(53)89/h4-7,15-17,24-27,31-43,46-52,55,63,91-92,96H,8-14,18-23H2,1-3H3,(H,102,103)(H,104,105)(H,106,107)(H,108,109)(H,110,111)(H,112,113)(H2,69,79,97)(H2,70,80,98)(H2,71,73,75)(H2,72,74,76)(H,81,93,99)(H,82,94,100)(H,83,95,101)/t31-,32-,33-,34-,35-,36-,37-,38+,39+,40+,41+,42+,43+,46+,47+,48+,49+,50+,51+,52+,55-,63?/m0/s1. The summed E-state index contributed by atoms with van der Waals surface area (Å²) in [6, 6.07) is 2.26. The van der Waals surface area contributed by atoms with Crippen LogP contribution in [-0.4, -0.2) is 262 Å². The number of rotatable bonds is 37. The summed E-state index contributed by atoms with van der Waals surface area (Å²) in [6.07, 6.45) is -28.5. The molecule has 0 radical (unpaired) electrons. The Morgan fingerprint density at radius 3 is 1.07 bits per heavy atom. The van der Waals surface area contributed by atoms with E-state index in [0.717, 1.165) is 78.6 Å². The molecular weight excluding hydrogens is 1970 g/mol. The van der Waals surface area contributed by atoms with Gasteiger partial charge in [0, 0.05) is 92.6 Å². The van der Waals surface area contributed by atoms with Gasteiger partial charge in [0.25, 0.3) is 16.7 Å². The van der Waals surface area contributed by atoms with Crippen LogP contribution in [0.5, 0.6) is 0 Å². The average Bonchev–Trinajstić information content (AvgIpc) is 1.71. The molecule has 7 aliphatic rings. The van der Waals surface area contributed by atoms with Crippen molar-refractivity contribution < 1.29 is 155 Å². The number of aromatic amines is 3. The highest BCUT2D eigenvalue weighted by molar-refractivity contribution is 7.53. The van der Waals surface area contributed by atoms with Crippen LogP contribution in [0, 0.1) is 20.8 Å². The lowest BCUT2D eigenvalue weighted by atomic mass is 10.2. The minimum atomic E-state index is -5.90. The summed E-state index contributed by atoms with van der Waals surface area (Å²) in [6.45, 7) is -2.51. The first kappa shape index (κ1) is 100. The number of phosphoric acid groups is 5. The third kappa shape index (κ3) is 22.6. The number of aliphatic hydroxyl groups excluding tert-OH is 3. The van der Waals surface area contributed by atoms with E-state index < -0.39 is 298 Å². The highest BCUT2D eigenvalue weighted by Gasteiger charge is 2.56. The van der Waals surface area contributed by atoms with Gasteiger partial charge in [-0.2, -0.15) is 9.97 Å². The minimum absolute atomic E-state index is 0.0216. The van der Waals surface area contributed by atoms with Crippen molar-refractivity contribution in [3.8, 4) is 0 Å². The van der Waals surface area contributed by atoms with Gasteiger partial charge in [-0.25, -0.2) is 76.7 Å². The van der Waals surface area contributed by atoms with Gasteiger partial charge in [0.15, 0.2) is 28.8 Å². The van der Waals surface area contributed by atoms with Crippen molar-refractivity contribution in [3.05, 3.63) is 169 Å². The number of anilines is 4. The Labute approximate surface area is 762 Å². The quantitative estimate of drug-likeness (QED) is 0.0171. The molecule has 16 rings (SSSR count). The van der Waals surface area contributed by atoms with Crippen LogP contribution in [0.25, 0.3) is 22.3 Å². The van der Waals surface area contributed by atoms with Crippen molar-refractivity contribution in [2.75, 3.05) is 62.6 Å². The number of ether oxygens (including phenoxy) is 7. The number of nitrogens with two attached hydrogens (primary N) is 4. The third-order valence-electron chi connectivity index (χ3n) is 22.8. The summed E-state index contributed by atoms with van der Waals surface area (Å²) >= 11 is 0. The molecule has 7 saturated heterocycles. The largest absolute Gasteiger partial charge is 0.472 e. The van der Waals surface area contributed by atoms with E-state index in [0.29, 0.717) is 0 Å². The van der Waals surface area contributed by atoms with Gasteiger partial charge in [0.2, 0.25) is 0 Å². The van der Waals surface area contributed by atoms with Gasteiger partial charge in [0.05, 0.1) is 58.4 Å². The number of imidazole rings is 2. The molecule has 28 atom stereocenters. The summed E-state index contributed by atoms with van der Waals surface area (Å²) < 4.78 is 195. The SMILES string of the molecule is Cc1cn([C@H]2C[C@H](OP(=O)(O)OC[C@H]3O[C@@H](n4cnc5c(N)ncnc54)C[C@@H]3O)[C@@H](C(O)P(=O)(O)O[C@H]3C[C@H](n4ccc(N)nc4=O)O[C@@H]3COP(=O)(O)O[C@H]3C[C@H](n4ccc(N)nc4=O)O[C@@H]3COP(=O)(O)O[C@H]3C[C@H](n4cc(C)c(=O)[nH]c4=O)O[C@@H]3COP(=O)(O)O[C@H]3C[C@H](n4cc(C)c(=O)[nH]c4=O)O[C@@H]3COP(=O)(O)O[C@H]3C[C@H](n4cnc5c(N)ncnc54)O[C@@H]3CO)O2)c(=O)[nH]c1=O. The zero-order valence-corrected chi connectivity index (χ0v) is 76.4. The predicted molar refractivity (Wildman–Crippen MR) is 450 cm³/mol. The van der Waals surface area contributed by atoms with Gasteiger partial charge < -0.3 is 105 Å². The second-order valence-electron chi connectivity index (χ2n) is 32.1. The predicted octanol–water partition coefficient (Wildman–Crippen LogP) is -3.15. The van der Waals surface area contributed by atoms with Gasteiger partial charge in [-0.3, -0.25) is 111 Å². The van der Waals surface area contributed by atoms with E-state index in [1.165, 1.54) is 42.6 Å². The summed E-state index contributed by atoms with van der Waals surface area (Å²) in [4.78, 5) is 212. The Kier molecular flexibility index (Phi) is 29.2. The summed E-state index contributed by atoms with van der Waals surface area (Å²) in [5.41, 5.74) is 16.0. The van der Waals surface area contributed by atoms with Crippen LogP contribution >= 0.6 is 46.7 Å². The van der Waals surface area contributed by atoms with E-state index in [-0.39, 0.29) is 75.1 Å². The van der Waals surface area contributed by atoms with Gasteiger partial charge in [0.1, 0.15) is 158 Å². The number of nitrogens with one attached hydrogen (secondary N) is 3. The van der Waals surface area contributed by atoms with Crippen LogP contribution in [0.2, 0.25) is 0 Å². The smallest absolute Gasteiger partial charge is 0.394 e. The molecule has 16 heterocycles. The number of phosphoric ester groups is 5. The number of nitrogen functional groups attached to an aromatic ring is 4. The molecule has 63 nitrogen and oxygen atoms in total. The van der Waals surface area contributed by atoms with Crippen LogP contribution in [-0.2, 0) is 110 Å². The Morgan fingerprint density at radius 2 is 0.701 bits per heavy atom. The third-order valence-corrected chi connectivity index (χ3v) is 29.4. The van der Waals surface area contributed by atoms with E-state index >= 15 is 0 Å². The summed E-state index contributed by atoms with van der Waals surface area (Å²) in [5, 5.41) is 33.4. The number of hydrogen-bond donors (Lipinski definition) is 16. The molecular formula is C68H88N22O41P6. The van der Waals surface area contributed by atoms with E-state index in [4.69, 9.17) is 106 Å². The van der Waals surface area contributed by atoms with Gasteiger partial charge in [-0.1, -0.05) is 0 Å². The molecule has 9 aromatic heterocycles. The highest BCUT2D eigenvalue weighted by Crippen LogP contribution is 2.60. The molecule has 0 aliphatic carbocycles. The fourth-order valence-electron chi connectivity index (χ4n) is 16.1. The Balaban J connectivity index is 0.602. The van der Waals surface area contributed by atoms with E-state index in [9.17, 15) is 110 Å². The van der Waals surface area contributed by atoms with Crippen molar-refractivity contribution >= 4 is 92.3 Å². The number of aromatic nitrogens is 18. The fourth-order valence-corrected chi connectivity index (χ4v) is 22.2. The number of H-pyrrole nitrogens is 3. The minimum Gasteiger partial charge on any atom is -0.394 e. The maximum Gasteiger partial charge on any atom is 0.472 e. The molecule has 7 aliphatic heterocycles. The van der Waals surface area contributed by atoms with Crippen molar-refractivity contribution in [2.45, 2.75) is 201 Å². The maximum absolute atomic E-state index is 14.8. The molecule has 69 heteroatoms. The summed E-state index contributed by atoms with van der Waals surface area (Å²) in [5.74, 6) is -3.46. The van der Waals surface area contributed by atoms with Gasteiger partial charge in [-0.05, 0) is 32.9 Å². The van der Waals surface area contributed by atoms with Crippen LogP contribution in [0.3, 0.4) is 0 Å². The number of hydrogen-bond acceptors (Lipinski definition) is 47. The zero-order valence-electron chi connectivity index (χ0n) is 71.0. The first-order valence-corrected chi connectivity index (χ1v) is 50.1. The Bertz CT molecular complexity index is 6880. The van der Waals surface area contributed by atoms with Crippen molar-refractivity contribution in [2.24, 2.45) is 0 Å². The van der Waals surface area contributed by atoms with Crippen LogP contribution in [0.1, 0.15) is 105 Å². The van der Waals surface area contributed by atoms with Crippen molar-refractivity contribution in [1.82, 2.24) is 86.8 Å². The Morgan fingerprint density at radius 1 is 0.401 bits per heavy atom. The normalized spacial score (nSPS) is 30.3. The fraction of sp³-hybridized carbons (Fsp3) is 0.559. The molecule has 0 amide bonds. The first-order chi connectivity index (χ1) is 64.6. The monoisotopic (exact) mass is 2050 g/mol. The lowest BCUT2D eigenvalue weighted by molar-refractivity contribution is -0.0744. The molecule has 137 heavy (non-hydrogen) atoms. The van der Waals surface area contributed by atoms with E-state index in [2.05, 4.69) is 49.8 Å². The van der Waals surface area contributed by atoms with Gasteiger partial charge >= 0.3 is 75.2 Å². The lowest BCUT2D eigenvalue weighted by Gasteiger charge is -2.30. The second-order valence-corrected chi connectivity index (χ2v) is 41.0. The summed E-state index contributed by atoms with van der Waals surface area (Å²) in [7, 11) is -33.9. The molecule has 746 valence electrons. The molecule has 7 unspecified atom stereocenters. The second kappa shape index (κ2) is 39.8. The molecule has 0 bridgehead atoms. The molecule has 7 fully saturated rings. The number of fused-ring (bicyclic) bond motifs is 2. The first-order valence-electron chi connectivity index (χ1n) is 41.0. The van der Waals surface area contributed by atoms with Gasteiger partial charge in [-0.15, -0.1) is 0 Å². The molecule has 0 spiro atoms. The number of nitrogens with zero attached hydrogens (tertiary/aromatic N) is 15. The topological polar surface area (TPSA) is 876 Å². The van der Waals surface area contributed by atoms with Crippen LogP contribution < -0.4 is 68.1 Å². The molecule has 20 N–H and O–H groups in total. The zero-order chi connectivity index (χ0) is 98.2. The average molecular weight is 2060 g/mol. The van der Waals surface area contributed by atoms with Crippen molar-refractivity contribution in [1.29, 1.82) is 0 Å². The van der Waals surface area contributed by atoms with E-state index in [1.807, 2.05) is 4.98 Å². The van der Waals surface area contributed by atoms with E-state index in [1.54, 1.807) is 0 Å². The Hall–Kier alpha value is -9.60. The number of aryl methyl sites for hydroxylation is 3. The maximum atomic E-state index is 14.8.